The van der Waals surface area contributed by atoms with Crippen molar-refractivity contribution in [1.82, 2.24) is 0 Å². The first kappa shape index (κ1) is 13.6. The van der Waals surface area contributed by atoms with E-state index in [0.29, 0.717) is 0 Å². The van der Waals surface area contributed by atoms with Gasteiger partial charge in [0.25, 0.3) is 0 Å². The molecule has 0 radical (unpaired) electrons. The first-order chi connectivity index (χ1) is 8.83. The van der Waals surface area contributed by atoms with Crippen LogP contribution in [0.3, 0.4) is 0 Å². The van der Waals surface area contributed by atoms with Crippen LogP contribution in [0.1, 0.15) is 22.3 Å². The SMILES string of the molecule is BrCc1ccc(/C=C/c2ccccc2)c(CBr)c1. The molecule has 0 bridgehead atoms. The number of rotatable bonds is 4. The summed E-state index contributed by atoms with van der Waals surface area (Å²) in [5, 5.41) is 1.78. The minimum Gasteiger partial charge on any atom is -0.0876 e. The summed E-state index contributed by atoms with van der Waals surface area (Å²) in [6, 6.07) is 16.9. The zero-order valence-corrected chi connectivity index (χ0v) is 13.1. The lowest BCUT2D eigenvalue weighted by atomic mass is 10.0. The van der Waals surface area contributed by atoms with Crippen LogP contribution < -0.4 is 0 Å². The smallest absolute Gasteiger partial charge is 0.0289 e. The Morgan fingerprint density at radius 2 is 1.61 bits per heavy atom. The van der Waals surface area contributed by atoms with Crippen LogP contribution >= 0.6 is 31.9 Å². The van der Waals surface area contributed by atoms with E-state index in [0.717, 1.165) is 10.7 Å². The van der Waals surface area contributed by atoms with E-state index >= 15 is 0 Å². The van der Waals surface area contributed by atoms with Gasteiger partial charge in [0.15, 0.2) is 0 Å². The van der Waals surface area contributed by atoms with Gasteiger partial charge in [-0.15, -0.1) is 0 Å². The maximum Gasteiger partial charge on any atom is 0.0289 e. The summed E-state index contributed by atoms with van der Waals surface area (Å²) in [5.41, 5.74) is 5.11. The number of halogens is 2. The lowest BCUT2D eigenvalue weighted by Crippen LogP contribution is -1.87. The van der Waals surface area contributed by atoms with Crippen LogP contribution in [0, 0.1) is 0 Å². The van der Waals surface area contributed by atoms with Gasteiger partial charge in [-0.1, -0.05) is 92.5 Å². The van der Waals surface area contributed by atoms with Crippen molar-refractivity contribution in [2.24, 2.45) is 0 Å². The van der Waals surface area contributed by atoms with Crippen molar-refractivity contribution in [2.75, 3.05) is 0 Å². The molecule has 0 aromatic heterocycles. The van der Waals surface area contributed by atoms with E-state index in [1.807, 2.05) is 6.07 Å². The molecule has 0 N–H and O–H groups in total. The fraction of sp³-hybridized carbons (Fsp3) is 0.125. The quantitative estimate of drug-likeness (QED) is 0.485. The summed E-state index contributed by atoms with van der Waals surface area (Å²) in [6.45, 7) is 0. The Hall–Kier alpha value is -0.860. The summed E-state index contributed by atoms with van der Waals surface area (Å²) in [5.74, 6) is 0. The van der Waals surface area contributed by atoms with Crippen LogP contribution in [-0.2, 0) is 10.7 Å². The summed E-state index contributed by atoms with van der Waals surface area (Å²) >= 11 is 7.04. The van der Waals surface area contributed by atoms with Gasteiger partial charge in [-0.25, -0.2) is 0 Å². The number of alkyl halides is 2. The van der Waals surface area contributed by atoms with Crippen LogP contribution in [0.5, 0.6) is 0 Å². The first-order valence-electron chi connectivity index (χ1n) is 5.80. The highest BCUT2D eigenvalue weighted by atomic mass is 79.9. The maximum atomic E-state index is 3.55. The van der Waals surface area contributed by atoms with E-state index < -0.39 is 0 Å². The molecule has 0 nitrogen and oxygen atoms in total. The normalized spacial score (nSPS) is 11.0. The molecule has 2 heteroatoms. The maximum absolute atomic E-state index is 3.55. The predicted molar refractivity (Wildman–Crippen MR) is 87.1 cm³/mol. The Bertz CT molecular complexity index is 530. The summed E-state index contributed by atoms with van der Waals surface area (Å²) in [7, 11) is 0. The molecule has 0 unspecified atom stereocenters. The van der Waals surface area contributed by atoms with Gasteiger partial charge in [0.1, 0.15) is 0 Å². The number of hydrogen-bond acceptors (Lipinski definition) is 0. The van der Waals surface area contributed by atoms with E-state index in [2.05, 4.69) is 86.5 Å². The Kier molecular flexibility index (Phi) is 5.21. The van der Waals surface area contributed by atoms with Crippen molar-refractivity contribution in [3.8, 4) is 0 Å². The Labute approximate surface area is 125 Å². The van der Waals surface area contributed by atoms with Crippen molar-refractivity contribution in [2.45, 2.75) is 10.7 Å². The van der Waals surface area contributed by atoms with Crippen molar-refractivity contribution >= 4 is 44.0 Å². The second-order valence-corrected chi connectivity index (χ2v) is 5.17. The van der Waals surface area contributed by atoms with Crippen LogP contribution in [-0.4, -0.2) is 0 Å². The highest BCUT2D eigenvalue weighted by molar-refractivity contribution is 9.08. The lowest BCUT2D eigenvalue weighted by Gasteiger charge is -2.05. The fourth-order valence-corrected chi connectivity index (χ4v) is 2.61. The first-order valence-corrected chi connectivity index (χ1v) is 8.04. The van der Waals surface area contributed by atoms with Crippen LogP contribution in [0.4, 0.5) is 0 Å². The predicted octanol–water partition coefficient (Wildman–Crippen LogP) is 5.65. The van der Waals surface area contributed by atoms with E-state index in [1.165, 1.54) is 22.3 Å². The molecule has 2 aromatic carbocycles. The Balaban J connectivity index is 2.26. The third kappa shape index (κ3) is 3.56. The minimum atomic E-state index is 0.877. The van der Waals surface area contributed by atoms with Gasteiger partial charge in [0, 0.05) is 10.7 Å². The molecule has 2 rings (SSSR count). The van der Waals surface area contributed by atoms with Crippen molar-refractivity contribution < 1.29 is 0 Å². The van der Waals surface area contributed by atoms with Crippen LogP contribution in [0.2, 0.25) is 0 Å². The second-order valence-electron chi connectivity index (χ2n) is 4.04. The van der Waals surface area contributed by atoms with Gasteiger partial charge in [0.2, 0.25) is 0 Å². The van der Waals surface area contributed by atoms with E-state index in [-0.39, 0.29) is 0 Å². The molecule has 0 aliphatic heterocycles. The number of hydrogen-bond donors (Lipinski definition) is 0. The molecule has 92 valence electrons. The highest BCUT2D eigenvalue weighted by Gasteiger charge is 1.99. The van der Waals surface area contributed by atoms with E-state index in [4.69, 9.17) is 0 Å². The fourth-order valence-electron chi connectivity index (χ4n) is 1.77. The Morgan fingerprint density at radius 1 is 0.833 bits per heavy atom. The molecule has 0 aliphatic rings. The van der Waals surface area contributed by atoms with Crippen LogP contribution in [0.15, 0.2) is 48.5 Å². The van der Waals surface area contributed by atoms with Gasteiger partial charge in [0.05, 0.1) is 0 Å². The molecular weight excluding hydrogens is 352 g/mol. The molecule has 0 heterocycles. The highest BCUT2D eigenvalue weighted by Crippen LogP contribution is 2.19. The molecule has 18 heavy (non-hydrogen) atoms. The molecule has 0 aliphatic carbocycles. The topological polar surface area (TPSA) is 0 Å². The summed E-state index contributed by atoms with van der Waals surface area (Å²) < 4.78 is 0. The van der Waals surface area contributed by atoms with Gasteiger partial charge < -0.3 is 0 Å². The van der Waals surface area contributed by atoms with Crippen molar-refractivity contribution in [3.63, 3.8) is 0 Å². The third-order valence-corrected chi connectivity index (χ3v) is 4.01. The zero-order valence-electron chi connectivity index (χ0n) is 9.94. The van der Waals surface area contributed by atoms with Gasteiger partial charge >= 0.3 is 0 Å². The van der Waals surface area contributed by atoms with E-state index in [9.17, 15) is 0 Å². The average molecular weight is 366 g/mol. The summed E-state index contributed by atoms with van der Waals surface area (Å²) in [4.78, 5) is 0. The molecule has 0 spiro atoms. The minimum absolute atomic E-state index is 0.877. The molecule has 2 aromatic rings. The van der Waals surface area contributed by atoms with Gasteiger partial charge in [-0.3, -0.25) is 0 Å². The molecule has 0 saturated carbocycles. The average Bonchev–Trinajstić information content (AvgIpc) is 2.46. The zero-order chi connectivity index (χ0) is 12.8. The molecular formula is C16H14Br2. The van der Waals surface area contributed by atoms with Crippen LogP contribution in [0.25, 0.3) is 12.2 Å². The molecule has 0 saturated heterocycles. The standard InChI is InChI=1S/C16H14Br2/c17-11-14-7-9-15(16(10-14)12-18)8-6-13-4-2-1-3-5-13/h1-10H,11-12H2/b8-6+. The van der Waals surface area contributed by atoms with Gasteiger partial charge in [-0.05, 0) is 22.3 Å². The molecule has 0 fully saturated rings. The molecule has 0 atom stereocenters. The monoisotopic (exact) mass is 364 g/mol. The molecule has 0 amide bonds. The number of benzene rings is 2. The third-order valence-electron chi connectivity index (χ3n) is 2.76. The van der Waals surface area contributed by atoms with Crippen molar-refractivity contribution in [1.29, 1.82) is 0 Å². The van der Waals surface area contributed by atoms with Gasteiger partial charge in [-0.2, -0.15) is 0 Å². The van der Waals surface area contributed by atoms with Crippen molar-refractivity contribution in [3.05, 3.63) is 70.8 Å². The largest absolute Gasteiger partial charge is 0.0876 e. The summed E-state index contributed by atoms with van der Waals surface area (Å²) in [6.07, 6.45) is 4.32. The second kappa shape index (κ2) is 6.91. The van der Waals surface area contributed by atoms with E-state index in [1.54, 1.807) is 0 Å². The Morgan fingerprint density at radius 3 is 2.28 bits per heavy atom. The lowest BCUT2D eigenvalue weighted by molar-refractivity contribution is 1.34.